The van der Waals surface area contributed by atoms with Crippen molar-refractivity contribution in [3.63, 3.8) is 0 Å². The van der Waals surface area contributed by atoms with Crippen LogP contribution in [-0.4, -0.2) is 65.7 Å². The Morgan fingerprint density at radius 3 is 2.96 bits per heavy atom. The lowest BCUT2D eigenvalue weighted by Gasteiger charge is -2.50. The Kier molecular flexibility index (Phi) is 4.97. The number of urea groups is 1. The van der Waals surface area contributed by atoms with E-state index in [0.717, 1.165) is 77.3 Å². The van der Waals surface area contributed by atoms with E-state index in [1.165, 1.54) is 4.88 Å². The van der Waals surface area contributed by atoms with Gasteiger partial charge in [0.2, 0.25) is 0 Å². The lowest BCUT2D eigenvalue weighted by molar-refractivity contribution is -0.136. The molecule has 0 radical (unpaired) electrons. The van der Waals surface area contributed by atoms with Gasteiger partial charge >= 0.3 is 6.03 Å². The van der Waals surface area contributed by atoms with Crippen LogP contribution in [0.4, 0.5) is 4.79 Å². The predicted octanol–water partition coefficient (Wildman–Crippen LogP) is 2.24. The number of nitrogens with zero attached hydrogens (tertiary/aromatic N) is 3. The van der Waals surface area contributed by atoms with E-state index in [2.05, 4.69) is 22.1 Å². The molecule has 1 aromatic heterocycles. The van der Waals surface area contributed by atoms with Crippen molar-refractivity contribution in [2.45, 2.75) is 44.8 Å². The molecule has 6 nitrogen and oxygen atoms in total. The maximum absolute atomic E-state index is 12.1. The summed E-state index contributed by atoms with van der Waals surface area (Å²) in [5.41, 5.74) is 3.11. The van der Waals surface area contributed by atoms with Crippen molar-refractivity contribution in [2.24, 2.45) is 5.92 Å². The highest BCUT2D eigenvalue weighted by Gasteiger charge is 2.52. The first kappa shape index (κ1) is 17.2. The molecule has 0 saturated carbocycles. The van der Waals surface area contributed by atoms with Crippen LogP contribution >= 0.6 is 11.3 Å². The summed E-state index contributed by atoms with van der Waals surface area (Å²) in [6.45, 7) is 8.53. The summed E-state index contributed by atoms with van der Waals surface area (Å²) in [7, 11) is 0. The molecule has 0 unspecified atom stereocenters. The van der Waals surface area contributed by atoms with Gasteiger partial charge in [-0.05, 0) is 38.5 Å². The average Bonchev–Trinajstić information content (AvgIpc) is 3.29. The van der Waals surface area contributed by atoms with E-state index in [1.807, 2.05) is 10.4 Å². The van der Waals surface area contributed by atoms with Crippen molar-refractivity contribution in [2.75, 3.05) is 39.3 Å². The fourth-order valence-electron chi connectivity index (χ4n) is 4.43. The Labute approximate surface area is 153 Å². The van der Waals surface area contributed by atoms with Crippen LogP contribution < -0.4 is 5.32 Å². The van der Waals surface area contributed by atoms with E-state index in [4.69, 9.17) is 4.74 Å². The van der Waals surface area contributed by atoms with E-state index in [0.29, 0.717) is 5.92 Å². The van der Waals surface area contributed by atoms with Crippen molar-refractivity contribution in [3.05, 3.63) is 16.1 Å². The lowest BCUT2D eigenvalue weighted by atomic mass is 9.79. The first-order chi connectivity index (χ1) is 12.2. The molecule has 4 rings (SSSR count). The Balaban J connectivity index is 1.23. The predicted molar refractivity (Wildman–Crippen MR) is 97.7 cm³/mol. The summed E-state index contributed by atoms with van der Waals surface area (Å²) in [4.78, 5) is 22.2. The maximum atomic E-state index is 12.1. The summed E-state index contributed by atoms with van der Waals surface area (Å²) in [5, 5.41) is 3.10. The third-order valence-electron chi connectivity index (χ3n) is 5.96. The van der Waals surface area contributed by atoms with Gasteiger partial charge in [-0.2, -0.15) is 0 Å². The minimum Gasteiger partial charge on any atom is -0.372 e. The number of aromatic nitrogens is 1. The highest BCUT2D eigenvalue weighted by atomic mass is 32.1. The largest absolute Gasteiger partial charge is 0.372 e. The Bertz CT molecular complexity index is 608. The van der Waals surface area contributed by atoms with Crippen molar-refractivity contribution in [1.82, 2.24) is 20.1 Å². The number of carbonyl (C=O) groups is 1. The number of hydrogen-bond acceptors (Lipinski definition) is 5. The number of hydrogen-bond donors (Lipinski definition) is 1. The van der Waals surface area contributed by atoms with Crippen molar-refractivity contribution < 1.29 is 9.53 Å². The molecular weight excluding hydrogens is 336 g/mol. The third kappa shape index (κ3) is 3.55. The molecule has 3 aliphatic rings. The van der Waals surface area contributed by atoms with Crippen molar-refractivity contribution in [3.8, 4) is 0 Å². The van der Waals surface area contributed by atoms with Crippen LogP contribution in [0.25, 0.3) is 0 Å². The fourth-order valence-corrected chi connectivity index (χ4v) is 5.25. The van der Waals surface area contributed by atoms with Crippen LogP contribution in [0.3, 0.4) is 0 Å². The number of carbonyl (C=O) groups excluding carboxylic acids is 1. The number of thiazole rings is 1. The maximum Gasteiger partial charge on any atom is 0.317 e. The second kappa shape index (κ2) is 7.21. The van der Waals surface area contributed by atoms with Gasteiger partial charge in [0, 0.05) is 50.8 Å². The van der Waals surface area contributed by atoms with Gasteiger partial charge < -0.3 is 15.0 Å². The molecule has 0 aliphatic carbocycles. The monoisotopic (exact) mass is 364 g/mol. The van der Waals surface area contributed by atoms with E-state index < -0.39 is 0 Å². The number of amides is 2. The minimum atomic E-state index is 0.0248. The van der Waals surface area contributed by atoms with Gasteiger partial charge in [-0.25, -0.2) is 9.78 Å². The van der Waals surface area contributed by atoms with Crippen LogP contribution in [0.15, 0.2) is 5.51 Å². The summed E-state index contributed by atoms with van der Waals surface area (Å²) < 4.78 is 6.15. The molecule has 4 heterocycles. The molecule has 3 aliphatic heterocycles. The quantitative estimate of drug-likeness (QED) is 0.871. The lowest BCUT2D eigenvalue weighted by Crippen LogP contribution is -2.64. The molecule has 0 aromatic carbocycles. The molecule has 25 heavy (non-hydrogen) atoms. The molecular formula is C18H28N4O2S. The average molecular weight is 365 g/mol. The van der Waals surface area contributed by atoms with Crippen LogP contribution in [0.2, 0.25) is 0 Å². The van der Waals surface area contributed by atoms with Gasteiger partial charge in [-0.3, -0.25) is 4.90 Å². The molecule has 1 atom stereocenters. The SMILES string of the molecule is Cc1ncsc1CN1CC2(C1)OCC[C@@H]2CCNC(=O)N1CCCC1. The van der Waals surface area contributed by atoms with E-state index in [1.54, 1.807) is 11.3 Å². The van der Waals surface area contributed by atoms with Crippen LogP contribution in [0.5, 0.6) is 0 Å². The zero-order valence-corrected chi connectivity index (χ0v) is 15.8. The normalized spacial score (nSPS) is 25.5. The second-order valence-corrected chi connectivity index (χ2v) is 8.56. The second-order valence-electron chi connectivity index (χ2n) is 7.62. The summed E-state index contributed by atoms with van der Waals surface area (Å²) in [6.07, 6.45) is 4.42. The van der Waals surface area contributed by atoms with Gasteiger partial charge in [-0.15, -0.1) is 11.3 Å². The summed E-state index contributed by atoms with van der Waals surface area (Å²) in [6, 6.07) is 0.112. The Hall–Kier alpha value is -1.18. The van der Waals surface area contributed by atoms with Crippen LogP contribution in [0, 0.1) is 12.8 Å². The first-order valence-corrected chi connectivity index (χ1v) is 10.3. The van der Waals surface area contributed by atoms with Crippen molar-refractivity contribution >= 4 is 17.4 Å². The molecule has 3 saturated heterocycles. The van der Waals surface area contributed by atoms with E-state index in [9.17, 15) is 4.79 Å². The number of rotatable bonds is 5. The van der Waals surface area contributed by atoms with Gasteiger partial charge in [0.05, 0.1) is 16.8 Å². The topological polar surface area (TPSA) is 57.7 Å². The number of ether oxygens (including phenoxy) is 1. The number of aryl methyl sites for hydroxylation is 1. The zero-order valence-electron chi connectivity index (χ0n) is 15.0. The molecule has 138 valence electrons. The Morgan fingerprint density at radius 1 is 1.44 bits per heavy atom. The number of nitrogens with one attached hydrogen (secondary N) is 1. The molecule has 7 heteroatoms. The molecule has 1 spiro atoms. The molecule has 0 bridgehead atoms. The number of likely N-dealkylation sites (tertiary alicyclic amines) is 2. The van der Waals surface area contributed by atoms with Gasteiger partial charge in [0.25, 0.3) is 0 Å². The van der Waals surface area contributed by atoms with Crippen LogP contribution in [-0.2, 0) is 11.3 Å². The highest BCUT2D eigenvalue weighted by Crippen LogP contribution is 2.42. The highest BCUT2D eigenvalue weighted by molar-refractivity contribution is 7.09. The standard InChI is InChI=1S/C18H28N4O2S/c1-14-16(25-13-20-14)10-21-11-18(12-21)15(5-9-24-18)4-6-19-17(23)22-7-2-3-8-22/h13,15H,2-12H2,1H3,(H,19,23)/t15-/m0/s1. The van der Waals surface area contributed by atoms with Gasteiger partial charge in [0.1, 0.15) is 0 Å². The van der Waals surface area contributed by atoms with E-state index >= 15 is 0 Å². The first-order valence-electron chi connectivity index (χ1n) is 9.44. The molecule has 1 N–H and O–H groups in total. The summed E-state index contributed by atoms with van der Waals surface area (Å²) >= 11 is 1.74. The molecule has 3 fully saturated rings. The summed E-state index contributed by atoms with van der Waals surface area (Å²) in [5.74, 6) is 0.560. The van der Waals surface area contributed by atoms with Gasteiger partial charge in [0.15, 0.2) is 0 Å². The smallest absolute Gasteiger partial charge is 0.317 e. The third-order valence-corrected chi connectivity index (χ3v) is 6.88. The fraction of sp³-hybridized carbons (Fsp3) is 0.778. The zero-order chi connectivity index (χ0) is 17.3. The Morgan fingerprint density at radius 2 is 2.24 bits per heavy atom. The van der Waals surface area contributed by atoms with Crippen LogP contribution in [0.1, 0.15) is 36.3 Å². The minimum absolute atomic E-state index is 0.0248. The van der Waals surface area contributed by atoms with Crippen molar-refractivity contribution in [1.29, 1.82) is 0 Å². The molecule has 2 amide bonds. The van der Waals surface area contributed by atoms with Gasteiger partial charge in [-0.1, -0.05) is 0 Å². The van der Waals surface area contributed by atoms with E-state index in [-0.39, 0.29) is 11.6 Å². The molecule has 1 aromatic rings.